The number of aromatic hydroxyl groups is 1. The number of thioether (sulfide) groups is 1. The predicted octanol–water partition coefficient (Wildman–Crippen LogP) is 5.76. The molecule has 63 heavy (non-hydrogen) atoms. The number of esters is 1. The van der Waals surface area contributed by atoms with Crippen molar-refractivity contribution in [3.8, 4) is 40.2 Å². The molecule has 7 heterocycles. The molecule has 0 radical (unpaired) electrons. The molecule has 336 valence electrons. The quantitative estimate of drug-likeness (QED) is 0.121. The van der Waals surface area contributed by atoms with E-state index in [4.69, 9.17) is 42.6 Å². The fraction of sp³-hybridized carbons (Fsp3) is 0.489. The highest BCUT2D eigenvalue weighted by Crippen LogP contribution is 2.64. The van der Waals surface area contributed by atoms with Crippen LogP contribution < -0.4 is 33.7 Å². The van der Waals surface area contributed by atoms with Crippen LogP contribution in [-0.4, -0.2) is 109 Å². The number of methoxy groups -OCH3 is 2. The zero-order chi connectivity index (χ0) is 44.9. The molecule has 18 heteroatoms. The molecule has 3 aromatic rings. The molecule has 1 unspecified atom stereocenters. The summed E-state index contributed by atoms with van der Waals surface area (Å²) in [5.41, 5.74) is 2.80. The third kappa shape index (κ3) is 6.71. The van der Waals surface area contributed by atoms with Crippen LogP contribution in [0.2, 0.25) is 0 Å². The first-order chi connectivity index (χ1) is 30.0. The zero-order valence-electron chi connectivity index (χ0n) is 36.3. The van der Waals surface area contributed by atoms with Crippen LogP contribution in [0.25, 0.3) is 0 Å². The van der Waals surface area contributed by atoms with E-state index in [1.165, 1.54) is 26.0 Å². The molecule has 7 atom stereocenters. The first kappa shape index (κ1) is 42.9. The van der Waals surface area contributed by atoms with E-state index in [1.54, 1.807) is 39.8 Å². The minimum Gasteiger partial charge on any atom is -0.504 e. The Morgan fingerprint density at radius 3 is 2.46 bits per heavy atom. The summed E-state index contributed by atoms with van der Waals surface area (Å²) in [6, 6.07) is 2.79. The lowest BCUT2D eigenvalue weighted by Gasteiger charge is -2.62. The van der Waals surface area contributed by atoms with Gasteiger partial charge in [0.25, 0.3) is 0 Å². The summed E-state index contributed by atoms with van der Waals surface area (Å²) < 4.78 is 52.5. The Labute approximate surface area is 368 Å². The number of ether oxygens (including phenoxy) is 9. The molecular formula is C45H51N3O14S. The van der Waals surface area contributed by atoms with Crippen LogP contribution in [-0.2, 0) is 37.4 Å². The van der Waals surface area contributed by atoms with Gasteiger partial charge in [0.15, 0.2) is 40.0 Å². The van der Waals surface area contributed by atoms with Crippen molar-refractivity contribution in [2.75, 3.05) is 47.0 Å². The number of carbonyl (C=O) groups excluding carboxylic acids is 3. The van der Waals surface area contributed by atoms with E-state index in [0.29, 0.717) is 64.5 Å². The topological polar surface area (TPSA) is 193 Å². The molecule has 1 spiro atoms. The number of fused-ring (bicyclic) bond motifs is 9. The first-order valence-electron chi connectivity index (χ1n) is 20.7. The lowest BCUT2D eigenvalue weighted by Crippen LogP contribution is -2.70. The number of aliphatic hydroxyl groups excluding tert-OH is 1. The van der Waals surface area contributed by atoms with E-state index in [9.17, 15) is 19.8 Å². The summed E-state index contributed by atoms with van der Waals surface area (Å²) in [6.07, 6.45) is -1.21. The van der Waals surface area contributed by atoms with Crippen LogP contribution in [0.3, 0.4) is 0 Å². The van der Waals surface area contributed by atoms with Crippen LogP contribution in [0, 0.1) is 13.8 Å². The molecule has 3 aromatic carbocycles. The highest BCUT2D eigenvalue weighted by Gasteiger charge is 2.61. The number of likely N-dealkylation sites (N-methyl/N-ethyl adjacent to an activating group) is 1. The largest absolute Gasteiger partial charge is 0.518 e. The molecule has 7 aliphatic rings. The number of nitrogens with zero attached hydrogens (tertiary/aromatic N) is 2. The highest BCUT2D eigenvalue weighted by molar-refractivity contribution is 7.99. The van der Waals surface area contributed by atoms with Gasteiger partial charge in [-0.3, -0.25) is 15.1 Å². The smallest absolute Gasteiger partial charge is 0.504 e. The van der Waals surface area contributed by atoms with Crippen LogP contribution in [0.15, 0.2) is 31.0 Å². The lowest BCUT2D eigenvalue weighted by atomic mass is 9.73. The third-order valence-electron chi connectivity index (χ3n) is 13.0. The predicted molar refractivity (Wildman–Crippen MR) is 226 cm³/mol. The maximum Gasteiger partial charge on any atom is 0.518 e. The van der Waals surface area contributed by atoms with Gasteiger partial charge in [-0.2, -0.15) is 0 Å². The number of phenolic OH excluding ortho intramolecular Hbond substituents is 1. The van der Waals surface area contributed by atoms with Crippen molar-refractivity contribution in [3.63, 3.8) is 0 Å². The van der Waals surface area contributed by atoms with Gasteiger partial charge >= 0.3 is 18.3 Å². The number of aryl methyl sites for hydroxylation is 1. The van der Waals surface area contributed by atoms with Crippen LogP contribution in [0.5, 0.6) is 40.2 Å². The van der Waals surface area contributed by atoms with Gasteiger partial charge < -0.3 is 52.8 Å². The van der Waals surface area contributed by atoms with Gasteiger partial charge in [-0.1, -0.05) is 12.6 Å². The minimum atomic E-state index is -1.48. The molecule has 0 aromatic heterocycles. The van der Waals surface area contributed by atoms with Gasteiger partial charge in [-0.15, -0.1) is 11.8 Å². The molecule has 10 rings (SSSR count). The summed E-state index contributed by atoms with van der Waals surface area (Å²) in [5.74, 6) is 0.999. The number of phenols is 1. The van der Waals surface area contributed by atoms with E-state index in [1.807, 2.05) is 24.9 Å². The summed E-state index contributed by atoms with van der Waals surface area (Å²) in [4.78, 5) is 45.2. The fourth-order valence-corrected chi connectivity index (χ4v) is 12.1. The fourth-order valence-electron chi connectivity index (χ4n) is 10.5. The van der Waals surface area contributed by atoms with E-state index < -0.39 is 65.1 Å². The number of carbonyl (C=O) groups is 3. The molecule has 2 fully saturated rings. The number of aliphatic hydroxyl groups is 1. The van der Waals surface area contributed by atoms with Crippen molar-refractivity contribution >= 4 is 30.0 Å². The average molecular weight is 890 g/mol. The van der Waals surface area contributed by atoms with Gasteiger partial charge in [0, 0.05) is 40.6 Å². The Hall–Kier alpha value is -5.40. The van der Waals surface area contributed by atoms with Crippen molar-refractivity contribution in [1.82, 2.24) is 15.1 Å². The Morgan fingerprint density at radius 2 is 1.75 bits per heavy atom. The maximum atomic E-state index is 15.0. The second kappa shape index (κ2) is 15.7. The molecule has 3 N–H and O–H groups in total. The van der Waals surface area contributed by atoms with Crippen molar-refractivity contribution < 1.29 is 67.2 Å². The van der Waals surface area contributed by atoms with Crippen LogP contribution in [0.4, 0.5) is 9.59 Å². The normalized spacial score (nSPS) is 26.9. The maximum absolute atomic E-state index is 15.0. The highest BCUT2D eigenvalue weighted by atomic mass is 32.2. The molecule has 2 saturated heterocycles. The molecular weight excluding hydrogens is 839 g/mol. The molecule has 17 nitrogen and oxygen atoms in total. The summed E-state index contributed by atoms with van der Waals surface area (Å²) >= 11 is 1.39. The second-order valence-electron chi connectivity index (χ2n) is 17.5. The van der Waals surface area contributed by atoms with Gasteiger partial charge in [0.1, 0.15) is 24.2 Å². The third-order valence-corrected chi connectivity index (χ3v) is 14.4. The van der Waals surface area contributed by atoms with Gasteiger partial charge in [0.2, 0.25) is 6.79 Å². The van der Waals surface area contributed by atoms with E-state index in [2.05, 4.69) is 16.8 Å². The number of rotatable bonds is 5. The molecule has 0 amide bonds. The Kier molecular flexibility index (Phi) is 10.7. The van der Waals surface area contributed by atoms with Gasteiger partial charge in [-0.25, -0.2) is 14.4 Å². The standard InChI is InChI=1S/C45H51N3O14S/c1-10-56-42(52)61-36-21(3)37-38(59-19-58-37)30-26-17-57-41(51)45(24-16-27(54-8)28(15-22(24)11-12-46-45)60-43(53)62-44(4,5)6)18-63-39(31(30)36)33-32-29-23(13-20(2)35(55-9)34(29)49)14-25(47(32)7)40(50)48(26)33/h10,13,15-16,25-26,32-33,39-40,46,49-50H,1,11-12,14,17-19H2,2-9H3/t25-,26-,32-,33?,39+,40-,45+/m0/s1. The lowest BCUT2D eigenvalue weighted by molar-refractivity contribution is -0.186. The minimum absolute atomic E-state index is 0.00694. The van der Waals surface area contributed by atoms with Gasteiger partial charge in [0.05, 0.1) is 43.9 Å². The number of benzene rings is 3. The Balaban J connectivity index is 1.26. The van der Waals surface area contributed by atoms with E-state index in [0.717, 1.165) is 23.0 Å². The zero-order valence-corrected chi connectivity index (χ0v) is 37.1. The summed E-state index contributed by atoms with van der Waals surface area (Å²) in [6.45, 7) is 12.3. The SMILES string of the molecule is C=COC(=O)Oc1c(C)c2c(c3c1[C@H]1SC[C@]4(NCCc5cc(OC(=O)OC(C)(C)C)c(OC)cc54)C(=O)OC[C@@H]3N3C1[C@@H]1c4c(cc(C)c(OC)c4O)C[C@@H]([C@@H]3O)N1C)OCO2. The monoisotopic (exact) mass is 889 g/mol. The van der Waals surface area contributed by atoms with Crippen LogP contribution >= 0.6 is 11.8 Å². The molecule has 0 saturated carbocycles. The summed E-state index contributed by atoms with van der Waals surface area (Å²) in [5, 5.41) is 27.6. The van der Waals surface area contributed by atoms with E-state index >= 15 is 4.79 Å². The second-order valence-corrected chi connectivity index (χ2v) is 18.6. The number of piperazine rings is 1. The molecule has 7 aliphatic heterocycles. The first-order valence-corrected chi connectivity index (χ1v) is 21.8. The van der Waals surface area contributed by atoms with Crippen molar-refractivity contribution in [2.24, 2.45) is 0 Å². The number of nitrogens with one attached hydrogen (secondary N) is 1. The number of hydrogen-bond acceptors (Lipinski definition) is 18. The molecule has 4 bridgehead atoms. The number of hydrogen-bond donors (Lipinski definition) is 3. The van der Waals surface area contributed by atoms with Crippen LogP contribution in [0.1, 0.15) is 82.6 Å². The van der Waals surface area contributed by atoms with Crippen molar-refractivity contribution in [2.45, 2.75) is 94.2 Å². The average Bonchev–Trinajstić information content (AvgIpc) is 3.72. The van der Waals surface area contributed by atoms with Gasteiger partial charge in [-0.05, 0) is 88.9 Å². The molecule has 0 aliphatic carbocycles. The summed E-state index contributed by atoms with van der Waals surface area (Å²) in [7, 11) is 4.88. The van der Waals surface area contributed by atoms with Crippen molar-refractivity contribution in [1.29, 1.82) is 0 Å². The Bertz CT molecular complexity index is 2440. The Morgan fingerprint density at radius 1 is 0.984 bits per heavy atom. The van der Waals surface area contributed by atoms with E-state index in [-0.39, 0.29) is 42.2 Å². The van der Waals surface area contributed by atoms with Crippen molar-refractivity contribution in [3.05, 3.63) is 75.5 Å².